The molecule has 2 amide bonds. The van der Waals surface area contributed by atoms with E-state index in [2.05, 4.69) is 9.82 Å². The molecule has 2 aromatic rings. The Bertz CT molecular complexity index is 1030. The highest BCUT2D eigenvalue weighted by Crippen LogP contribution is 2.31. The van der Waals surface area contributed by atoms with Gasteiger partial charge in [0.1, 0.15) is 6.61 Å². The van der Waals surface area contributed by atoms with Gasteiger partial charge in [-0.25, -0.2) is 8.42 Å². The van der Waals surface area contributed by atoms with Crippen molar-refractivity contribution in [1.29, 1.82) is 0 Å². The normalized spacial score (nSPS) is 19.1. The second kappa shape index (κ2) is 8.34. The van der Waals surface area contributed by atoms with Gasteiger partial charge in [0.05, 0.1) is 24.2 Å². The highest BCUT2D eigenvalue weighted by molar-refractivity contribution is 7.92. The van der Waals surface area contributed by atoms with Crippen LogP contribution in [0.2, 0.25) is 0 Å². The van der Waals surface area contributed by atoms with Crippen molar-refractivity contribution in [2.45, 2.75) is 31.9 Å². The van der Waals surface area contributed by atoms with Gasteiger partial charge in [-0.15, -0.1) is 0 Å². The molecule has 1 fully saturated rings. The van der Waals surface area contributed by atoms with Crippen molar-refractivity contribution in [2.75, 3.05) is 23.6 Å². The third-order valence-electron chi connectivity index (χ3n) is 4.83. The van der Waals surface area contributed by atoms with E-state index in [1.54, 1.807) is 10.9 Å². The van der Waals surface area contributed by atoms with Crippen LogP contribution in [0.3, 0.4) is 0 Å². The zero-order valence-electron chi connectivity index (χ0n) is 16.2. The fraction of sp³-hybridized carbons (Fsp3) is 0.421. The fourth-order valence-electron chi connectivity index (χ4n) is 3.37. The van der Waals surface area contributed by atoms with Crippen LogP contribution in [-0.4, -0.2) is 59.9 Å². The molecule has 3 heterocycles. The molecular formula is C19H22N4O6S. The van der Waals surface area contributed by atoms with Crippen LogP contribution in [0.4, 0.5) is 5.69 Å². The molecule has 1 N–H and O–H groups in total. The number of ether oxygens (including phenoxy) is 2. The van der Waals surface area contributed by atoms with Crippen LogP contribution in [0.5, 0.6) is 11.5 Å². The maximum absolute atomic E-state index is 12.4. The minimum atomic E-state index is -3.75. The molecule has 1 aromatic carbocycles. The highest BCUT2D eigenvalue weighted by Gasteiger charge is 2.27. The van der Waals surface area contributed by atoms with Gasteiger partial charge in [-0.05, 0) is 18.6 Å². The lowest BCUT2D eigenvalue weighted by molar-refractivity contribution is -0.147. The predicted octanol–water partition coefficient (Wildman–Crippen LogP) is 1.00. The van der Waals surface area contributed by atoms with Crippen LogP contribution in [0.25, 0.3) is 0 Å². The van der Waals surface area contributed by atoms with Crippen molar-refractivity contribution in [3.63, 3.8) is 0 Å². The fourth-order valence-corrected chi connectivity index (χ4v) is 4.36. The second-order valence-electron chi connectivity index (χ2n) is 7.16. The molecule has 0 aliphatic carbocycles. The number of nitrogens with zero attached hydrogens (tertiary/aromatic N) is 3. The molecular weight excluding hydrogens is 412 g/mol. The van der Waals surface area contributed by atoms with Gasteiger partial charge in [-0.1, -0.05) is 12.1 Å². The van der Waals surface area contributed by atoms with E-state index in [0.29, 0.717) is 36.8 Å². The predicted molar refractivity (Wildman–Crippen MR) is 107 cm³/mol. The first-order valence-electron chi connectivity index (χ1n) is 9.64. The number of aromatic nitrogens is 2. The van der Waals surface area contributed by atoms with Crippen molar-refractivity contribution in [2.24, 2.45) is 0 Å². The van der Waals surface area contributed by atoms with Gasteiger partial charge in [-0.2, -0.15) is 5.10 Å². The molecule has 1 saturated heterocycles. The zero-order chi connectivity index (χ0) is 21.1. The first-order chi connectivity index (χ1) is 14.4. The van der Waals surface area contributed by atoms with Crippen molar-refractivity contribution in [3.8, 4) is 11.5 Å². The monoisotopic (exact) mass is 434 g/mol. The molecule has 2 aliphatic heterocycles. The molecule has 1 atom stereocenters. The molecule has 2 aliphatic rings. The first kappa shape index (κ1) is 20.2. The summed E-state index contributed by atoms with van der Waals surface area (Å²) in [6, 6.07) is 7.38. The molecule has 160 valence electrons. The van der Waals surface area contributed by atoms with Crippen LogP contribution in [0.15, 0.2) is 36.7 Å². The van der Waals surface area contributed by atoms with Gasteiger partial charge in [0.15, 0.2) is 17.6 Å². The molecule has 1 unspecified atom stereocenters. The number of amides is 2. The number of sulfonamides is 1. The summed E-state index contributed by atoms with van der Waals surface area (Å²) < 4.78 is 40.2. The zero-order valence-corrected chi connectivity index (χ0v) is 17.0. The van der Waals surface area contributed by atoms with E-state index in [0.717, 1.165) is 4.90 Å². The number of imide groups is 1. The van der Waals surface area contributed by atoms with E-state index in [1.165, 1.54) is 6.20 Å². The average molecular weight is 434 g/mol. The number of carbonyl (C=O) groups excluding carboxylic acids is 2. The Morgan fingerprint density at radius 1 is 1.13 bits per heavy atom. The molecule has 10 nitrogen and oxygen atoms in total. The van der Waals surface area contributed by atoms with Gasteiger partial charge < -0.3 is 9.47 Å². The summed E-state index contributed by atoms with van der Waals surface area (Å²) in [7, 11) is -3.75. The maximum atomic E-state index is 12.4. The Morgan fingerprint density at radius 2 is 1.87 bits per heavy atom. The quantitative estimate of drug-likeness (QED) is 0.646. The number of piperidine rings is 1. The highest BCUT2D eigenvalue weighted by atomic mass is 32.2. The van der Waals surface area contributed by atoms with Crippen molar-refractivity contribution < 1.29 is 27.5 Å². The average Bonchev–Trinajstić information content (AvgIpc) is 3.13. The number of rotatable bonds is 7. The number of hydrogen-bond acceptors (Lipinski definition) is 7. The smallest absolute Gasteiger partial charge is 0.234 e. The SMILES string of the molecule is O=C1CCCC(=O)N1CCS(=O)(=O)Nc1cnn(CC2COc3ccccc3O2)c1. The van der Waals surface area contributed by atoms with Crippen LogP contribution in [-0.2, 0) is 26.2 Å². The topological polar surface area (TPSA) is 120 Å². The van der Waals surface area contributed by atoms with Crippen LogP contribution in [0, 0.1) is 0 Å². The van der Waals surface area contributed by atoms with Crippen LogP contribution in [0.1, 0.15) is 19.3 Å². The minimum Gasteiger partial charge on any atom is -0.486 e. The first-order valence-corrected chi connectivity index (χ1v) is 11.3. The summed E-state index contributed by atoms with van der Waals surface area (Å²) in [5.41, 5.74) is 0.295. The summed E-state index contributed by atoms with van der Waals surface area (Å²) in [6.07, 6.45) is 3.73. The molecule has 0 radical (unpaired) electrons. The lowest BCUT2D eigenvalue weighted by Crippen LogP contribution is -2.43. The molecule has 1 aromatic heterocycles. The Balaban J connectivity index is 1.31. The summed E-state index contributed by atoms with van der Waals surface area (Å²) in [6.45, 7) is 0.580. The number of nitrogens with one attached hydrogen (secondary N) is 1. The van der Waals surface area contributed by atoms with Gasteiger partial charge >= 0.3 is 0 Å². The Labute approximate surface area is 173 Å². The third kappa shape index (κ3) is 4.73. The number of benzene rings is 1. The van der Waals surface area contributed by atoms with E-state index in [4.69, 9.17) is 9.47 Å². The Morgan fingerprint density at radius 3 is 2.63 bits per heavy atom. The van der Waals surface area contributed by atoms with E-state index in [-0.39, 0.29) is 43.1 Å². The van der Waals surface area contributed by atoms with Crippen molar-refractivity contribution in [1.82, 2.24) is 14.7 Å². The van der Waals surface area contributed by atoms with E-state index >= 15 is 0 Å². The van der Waals surface area contributed by atoms with Gasteiger partial charge in [-0.3, -0.25) is 23.9 Å². The number of para-hydroxylation sites is 2. The molecule has 30 heavy (non-hydrogen) atoms. The number of carbonyl (C=O) groups is 2. The van der Waals surface area contributed by atoms with E-state index in [1.807, 2.05) is 24.3 Å². The van der Waals surface area contributed by atoms with Gasteiger partial charge in [0.25, 0.3) is 0 Å². The van der Waals surface area contributed by atoms with Crippen molar-refractivity contribution >= 4 is 27.5 Å². The summed E-state index contributed by atoms with van der Waals surface area (Å²) >= 11 is 0. The number of anilines is 1. The molecule has 11 heteroatoms. The molecule has 0 saturated carbocycles. The third-order valence-corrected chi connectivity index (χ3v) is 6.10. The summed E-state index contributed by atoms with van der Waals surface area (Å²) in [5, 5.41) is 4.16. The van der Waals surface area contributed by atoms with Gasteiger partial charge in [0, 0.05) is 25.6 Å². The number of fused-ring (bicyclic) bond motifs is 1. The van der Waals surface area contributed by atoms with Crippen LogP contribution >= 0.6 is 0 Å². The van der Waals surface area contributed by atoms with E-state index < -0.39 is 10.0 Å². The number of hydrogen-bond donors (Lipinski definition) is 1. The lowest BCUT2D eigenvalue weighted by Gasteiger charge is -2.26. The Kier molecular flexibility index (Phi) is 5.62. The van der Waals surface area contributed by atoms with Crippen molar-refractivity contribution in [3.05, 3.63) is 36.7 Å². The standard InChI is InChI=1S/C19H22N4O6S/c24-18-6-3-7-19(25)23(18)8-9-30(26,27)21-14-10-20-22(11-14)12-15-13-28-16-4-1-2-5-17(16)29-15/h1-2,4-5,10-11,15,21H,3,6-9,12-13H2. The van der Waals surface area contributed by atoms with E-state index in [9.17, 15) is 18.0 Å². The largest absolute Gasteiger partial charge is 0.486 e. The summed E-state index contributed by atoms with van der Waals surface area (Å²) in [4.78, 5) is 24.6. The Hall–Kier alpha value is -3.08. The van der Waals surface area contributed by atoms with Gasteiger partial charge in [0.2, 0.25) is 21.8 Å². The maximum Gasteiger partial charge on any atom is 0.234 e. The number of likely N-dealkylation sites (tertiary alicyclic amines) is 1. The van der Waals surface area contributed by atoms with Crippen LogP contribution < -0.4 is 14.2 Å². The second-order valence-corrected chi connectivity index (χ2v) is 9.00. The summed E-state index contributed by atoms with van der Waals surface area (Å²) in [5.74, 6) is 0.319. The molecule has 0 spiro atoms. The lowest BCUT2D eigenvalue weighted by atomic mass is 10.1. The minimum absolute atomic E-state index is 0.159. The molecule has 0 bridgehead atoms. The molecule has 4 rings (SSSR count).